The van der Waals surface area contributed by atoms with E-state index in [1.807, 2.05) is 24.3 Å². The molecule has 0 radical (unpaired) electrons. The maximum Gasteiger partial charge on any atom is 0.287 e. The van der Waals surface area contributed by atoms with Crippen LogP contribution in [0.4, 0.5) is 11.4 Å². The summed E-state index contributed by atoms with van der Waals surface area (Å²) in [6, 6.07) is 11.2. The fraction of sp³-hybridized carbons (Fsp3) is 0.368. The molecule has 0 aliphatic carbocycles. The van der Waals surface area contributed by atoms with Gasteiger partial charge in [-0.25, -0.2) is 0 Å². The number of nitrogens with zero attached hydrogens (tertiary/aromatic N) is 2. The van der Waals surface area contributed by atoms with E-state index in [1.54, 1.807) is 17.0 Å². The zero-order valence-electron chi connectivity index (χ0n) is 15.0. The third kappa shape index (κ3) is 4.86. The van der Waals surface area contributed by atoms with Crippen LogP contribution in [-0.2, 0) is 4.79 Å². The molecule has 2 amide bonds. The largest absolute Gasteiger partial charge is 0.459 e. The number of furan rings is 1. The van der Waals surface area contributed by atoms with Crippen LogP contribution in [0, 0.1) is 0 Å². The Balaban J connectivity index is 1.98. The lowest BCUT2D eigenvalue weighted by Gasteiger charge is -2.24. The lowest BCUT2D eigenvalue weighted by molar-refractivity contribution is -0.116. The maximum absolute atomic E-state index is 12.0. The Morgan fingerprint density at radius 1 is 1.04 bits per heavy atom. The Morgan fingerprint density at radius 3 is 2.20 bits per heavy atom. The second kappa shape index (κ2) is 8.92. The summed E-state index contributed by atoms with van der Waals surface area (Å²) < 4.78 is 5.04. The Bertz CT molecular complexity index is 676. The van der Waals surface area contributed by atoms with Crippen LogP contribution in [-0.4, -0.2) is 38.0 Å². The standard InChI is InChI=1S/C19H25N3O3/c1-4-21(5-2)16-8-10-17(11-9-16)22(15(3)23)13-12-20-19(24)18-7-6-14-25-18/h6-11,14H,4-5,12-13H2,1-3H3,(H,20,24). The van der Waals surface area contributed by atoms with Crippen molar-refractivity contribution in [2.45, 2.75) is 20.8 Å². The van der Waals surface area contributed by atoms with Gasteiger partial charge in [-0.15, -0.1) is 0 Å². The molecule has 0 aliphatic rings. The molecule has 0 unspecified atom stereocenters. The third-order valence-corrected chi connectivity index (χ3v) is 4.04. The van der Waals surface area contributed by atoms with Gasteiger partial charge in [-0.2, -0.15) is 0 Å². The Labute approximate surface area is 148 Å². The molecule has 134 valence electrons. The van der Waals surface area contributed by atoms with Crippen LogP contribution in [0.3, 0.4) is 0 Å². The number of hydrogen-bond donors (Lipinski definition) is 1. The van der Waals surface area contributed by atoms with Crippen molar-refractivity contribution in [2.24, 2.45) is 0 Å². The van der Waals surface area contributed by atoms with Crippen molar-refractivity contribution in [1.82, 2.24) is 5.32 Å². The summed E-state index contributed by atoms with van der Waals surface area (Å²) in [5.41, 5.74) is 1.94. The minimum Gasteiger partial charge on any atom is -0.459 e. The van der Waals surface area contributed by atoms with Gasteiger partial charge < -0.3 is 19.5 Å². The fourth-order valence-corrected chi connectivity index (χ4v) is 2.68. The number of carbonyl (C=O) groups excluding carboxylic acids is 2. The van der Waals surface area contributed by atoms with Crippen molar-refractivity contribution < 1.29 is 14.0 Å². The number of benzene rings is 1. The predicted octanol–water partition coefficient (Wildman–Crippen LogP) is 2.91. The monoisotopic (exact) mass is 343 g/mol. The summed E-state index contributed by atoms with van der Waals surface area (Å²) in [5, 5.41) is 2.75. The molecular weight excluding hydrogens is 318 g/mol. The van der Waals surface area contributed by atoms with E-state index in [0.29, 0.717) is 13.1 Å². The minimum atomic E-state index is -0.287. The number of rotatable bonds is 8. The molecule has 6 heteroatoms. The lowest BCUT2D eigenvalue weighted by Crippen LogP contribution is -2.37. The first-order chi connectivity index (χ1) is 12.1. The van der Waals surface area contributed by atoms with E-state index in [4.69, 9.17) is 4.42 Å². The summed E-state index contributed by atoms with van der Waals surface area (Å²) in [5.74, 6) is -0.0915. The zero-order valence-corrected chi connectivity index (χ0v) is 15.0. The van der Waals surface area contributed by atoms with Crippen LogP contribution in [0.5, 0.6) is 0 Å². The molecule has 25 heavy (non-hydrogen) atoms. The normalized spacial score (nSPS) is 10.4. The Morgan fingerprint density at radius 2 is 1.68 bits per heavy atom. The Kier molecular flexibility index (Phi) is 6.62. The summed E-state index contributed by atoms with van der Waals surface area (Å²) in [7, 11) is 0. The molecule has 6 nitrogen and oxygen atoms in total. The highest BCUT2D eigenvalue weighted by Crippen LogP contribution is 2.20. The van der Waals surface area contributed by atoms with Crippen LogP contribution in [0.2, 0.25) is 0 Å². The first-order valence-electron chi connectivity index (χ1n) is 8.51. The van der Waals surface area contributed by atoms with Gasteiger partial charge in [-0.3, -0.25) is 9.59 Å². The van der Waals surface area contributed by atoms with Gasteiger partial charge in [0, 0.05) is 44.5 Å². The van der Waals surface area contributed by atoms with Crippen molar-refractivity contribution in [2.75, 3.05) is 36.0 Å². The van der Waals surface area contributed by atoms with Gasteiger partial charge in [0.15, 0.2) is 5.76 Å². The van der Waals surface area contributed by atoms with Crippen molar-refractivity contribution in [3.05, 3.63) is 48.4 Å². The molecule has 0 spiro atoms. The van der Waals surface area contributed by atoms with E-state index in [0.717, 1.165) is 24.5 Å². The first-order valence-corrected chi connectivity index (χ1v) is 8.51. The molecular formula is C19H25N3O3. The molecule has 1 N–H and O–H groups in total. The van der Waals surface area contributed by atoms with Crippen molar-refractivity contribution in [1.29, 1.82) is 0 Å². The van der Waals surface area contributed by atoms with E-state index in [-0.39, 0.29) is 17.6 Å². The van der Waals surface area contributed by atoms with E-state index in [1.165, 1.54) is 13.2 Å². The molecule has 0 bridgehead atoms. The molecule has 0 saturated carbocycles. The molecule has 1 aromatic carbocycles. The number of amides is 2. The number of carbonyl (C=O) groups is 2. The number of nitrogens with one attached hydrogen (secondary N) is 1. The molecule has 2 aromatic rings. The van der Waals surface area contributed by atoms with Crippen LogP contribution < -0.4 is 15.1 Å². The summed E-state index contributed by atoms with van der Waals surface area (Å²) >= 11 is 0. The van der Waals surface area contributed by atoms with Crippen LogP contribution in [0.25, 0.3) is 0 Å². The maximum atomic E-state index is 12.0. The molecule has 0 saturated heterocycles. The molecule has 1 heterocycles. The van der Waals surface area contributed by atoms with Crippen molar-refractivity contribution in [3.8, 4) is 0 Å². The van der Waals surface area contributed by atoms with Gasteiger partial charge in [0.25, 0.3) is 5.91 Å². The second-order valence-corrected chi connectivity index (χ2v) is 5.59. The average molecular weight is 343 g/mol. The molecule has 2 rings (SSSR count). The topological polar surface area (TPSA) is 65.8 Å². The smallest absolute Gasteiger partial charge is 0.287 e. The van der Waals surface area contributed by atoms with Crippen molar-refractivity contribution in [3.63, 3.8) is 0 Å². The number of anilines is 2. The van der Waals surface area contributed by atoms with Gasteiger partial charge in [-0.1, -0.05) is 0 Å². The van der Waals surface area contributed by atoms with E-state index in [9.17, 15) is 9.59 Å². The van der Waals surface area contributed by atoms with Gasteiger partial charge in [-0.05, 0) is 50.2 Å². The highest BCUT2D eigenvalue weighted by atomic mass is 16.3. The molecule has 1 aromatic heterocycles. The van der Waals surface area contributed by atoms with E-state index in [2.05, 4.69) is 24.1 Å². The average Bonchev–Trinajstić information content (AvgIpc) is 3.15. The quantitative estimate of drug-likeness (QED) is 0.800. The van der Waals surface area contributed by atoms with Crippen molar-refractivity contribution >= 4 is 23.2 Å². The van der Waals surface area contributed by atoms with Gasteiger partial charge in [0.1, 0.15) is 0 Å². The van der Waals surface area contributed by atoms with Crippen LogP contribution in [0.15, 0.2) is 47.1 Å². The third-order valence-electron chi connectivity index (χ3n) is 4.04. The molecule has 0 fully saturated rings. The first kappa shape index (κ1) is 18.6. The van der Waals surface area contributed by atoms with Gasteiger partial charge in [0.2, 0.25) is 5.91 Å². The Hall–Kier alpha value is -2.76. The minimum absolute atomic E-state index is 0.0668. The molecule has 0 atom stereocenters. The SMILES string of the molecule is CCN(CC)c1ccc(N(CCNC(=O)c2ccco2)C(C)=O)cc1. The summed E-state index contributed by atoms with van der Waals surface area (Å²) in [6.07, 6.45) is 1.45. The predicted molar refractivity (Wildman–Crippen MR) is 99.1 cm³/mol. The van der Waals surface area contributed by atoms with E-state index >= 15 is 0 Å². The fourth-order valence-electron chi connectivity index (χ4n) is 2.68. The van der Waals surface area contributed by atoms with Gasteiger partial charge in [0.05, 0.1) is 6.26 Å². The zero-order chi connectivity index (χ0) is 18.2. The van der Waals surface area contributed by atoms with E-state index < -0.39 is 0 Å². The number of hydrogen-bond acceptors (Lipinski definition) is 4. The van der Waals surface area contributed by atoms with Crippen LogP contribution in [0.1, 0.15) is 31.3 Å². The lowest BCUT2D eigenvalue weighted by atomic mass is 10.2. The highest BCUT2D eigenvalue weighted by molar-refractivity contribution is 5.93. The van der Waals surface area contributed by atoms with Gasteiger partial charge >= 0.3 is 0 Å². The molecule has 0 aliphatic heterocycles. The highest BCUT2D eigenvalue weighted by Gasteiger charge is 2.13. The summed E-state index contributed by atoms with van der Waals surface area (Å²) in [4.78, 5) is 27.7. The van der Waals surface area contributed by atoms with Crippen LogP contribution >= 0.6 is 0 Å². The second-order valence-electron chi connectivity index (χ2n) is 5.59. The summed E-state index contributed by atoms with van der Waals surface area (Å²) in [6.45, 7) is 8.36.